The van der Waals surface area contributed by atoms with Crippen molar-refractivity contribution in [3.63, 3.8) is 0 Å². The molecule has 0 spiro atoms. The van der Waals surface area contributed by atoms with Gasteiger partial charge in [-0.25, -0.2) is 9.78 Å². The van der Waals surface area contributed by atoms with Crippen molar-refractivity contribution < 1.29 is 14.3 Å². The van der Waals surface area contributed by atoms with Gasteiger partial charge in [-0.1, -0.05) is 11.8 Å². The molecule has 4 aliphatic carbocycles. The lowest BCUT2D eigenvalue weighted by Crippen LogP contribution is -2.62. The minimum atomic E-state index is -0.422. The second kappa shape index (κ2) is 8.54. The third-order valence-electron chi connectivity index (χ3n) is 7.25. The summed E-state index contributed by atoms with van der Waals surface area (Å²) in [7, 11) is 1.67. The van der Waals surface area contributed by atoms with Crippen LogP contribution in [0.5, 0.6) is 0 Å². The molecule has 0 saturated heterocycles. The molecular formula is C22H34N4O3S. The molecule has 4 bridgehead atoms. The molecule has 3 amide bonds. The van der Waals surface area contributed by atoms with Gasteiger partial charge in [-0.15, -0.1) is 0 Å². The van der Waals surface area contributed by atoms with Crippen LogP contribution in [0.15, 0.2) is 5.16 Å². The highest BCUT2D eigenvalue weighted by molar-refractivity contribution is 8.00. The number of imidazole rings is 1. The number of ether oxygens (including phenoxy) is 1. The van der Waals surface area contributed by atoms with Crippen molar-refractivity contribution in [2.45, 2.75) is 81.8 Å². The number of amides is 3. The molecule has 0 aromatic carbocycles. The Morgan fingerprint density at radius 3 is 2.37 bits per heavy atom. The molecule has 8 heteroatoms. The normalized spacial score (nSPS) is 30.3. The lowest BCUT2D eigenvalue weighted by molar-refractivity contribution is -0.119. The highest BCUT2D eigenvalue weighted by atomic mass is 32.2. The van der Waals surface area contributed by atoms with Crippen LogP contribution < -0.4 is 10.6 Å². The fourth-order valence-electron chi connectivity index (χ4n) is 6.12. The lowest BCUT2D eigenvalue weighted by atomic mass is 9.53. The average Bonchev–Trinajstić information content (AvgIpc) is 2.91. The molecule has 4 aliphatic rings. The molecule has 1 unspecified atom stereocenters. The van der Waals surface area contributed by atoms with Gasteiger partial charge < -0.3 is 14.6 Å². The molecule has 4 saturated carbocycles. The molecule has 5 rings (SSSR count). The van der Waals surface area contributed by atoms with E-state index in [9.17, 15) is 9.59 Å². The largest absolute Gasteiger partial charge is 0.383 e. The van der Waals surface area contributed by atoms with Crippen LogP contribution >= 0.6 is 11.8 Å². The van der Waals surface area contributed by atoms with Gasteiger partial charge in [0.1, 0.15) is 0 Å². The van der Waals surface area contributed by atoms with Gasteiger partial charge in [-0.3, -0.25) is 10.1 Å². The number of thioether (sulfide) groups is 1. The lowest BCUT2D eigenvalue weighted by Gasteiger charge is -2.56. The minimum absolute atomic E-state index is 0.0971. The Morgan fingerprint density at radius 2 is 1.80 bits per heavy atom. The zero-order chi connectivity index (χ0) is 21.5. The fraction of sp³-hybridized carbons (Fsp3) is 0.773. The van der Waals surface area contributed by atoms with E-state index in [0.717, 1.165) is 53.6 Å². The quantitative estimate of drug-likeness (QED) is 0.642. The number of carbonyl (C=O) groups excluding carboxylic acids is 2. The summed E-state index contributed by atoms with van der Waals surface area (Å²) in [5.74, 6) is 1.97. The van der Waals surface area contributed by atoms with Crippen molar-refractivity contribution in [2.75, 3.05) is 13.7 Å². The van der Waals surface area contributed by atoms with Gasteiger partial charge in [0.2, 0.25) is 5.91 Å². The Hall–Kier alpha value is -1.54. The summed E-state index contributed by atoms with van der Waals surface area (Å²) in [5.41, 5.74) is 1.92. The van der Waals surface area contributed by atoms with Gasteiger partial charge in [-0.2, -0.15) is 0 Å². The second-order valence-electron chi connectivity index (χ2n) is 9.61. The van der Waals surface area contributed by atoms with Crippen molar-refractivity contribution in [2.24, 2.45) is 17.8 Å². The molecule has 2 N–H and O–H groups in total. The first-order valence-corrected chi connectivity index (χ1v) is 12.0. The van der Waals surface area contributed by atoms with E-state index >= 15 is 0 Å². The van der Waals surface area contributed by atoms with Crippen molar-refractivity contribution in [3.05, 3.63) is 11.4 Å². The topological polar surface area (TPSA) is 85.2 Å². The molecule has 1 aromatic heterocycles. The molecular weight excluding hydrogens is 400 g/mol. The molecule has 7 nitrogen and oxygen atoms in total. The number of aryl methyl sites for hydroxylation is 1. The maximum Gasteiger partial charge on any atom is 0.321 e. The first-order chi connectivity index (χ1) is 14.3. The first kappa shape index (κ1) is 21.7. The van der Waals surface area contributed by atoms with E-state index in [1.807, 2.05) is 20.8 Å². The summed E-state index contributed by atoms with van der Waals surface area (Å²) < 4.78 is 7.27. The smallest absolute Gasteiger partial charge is 0.321 e. The van der Waals surface area contributed by atoms with Crippen LogP contribution in [0.4, 0.5) is 4.79 Å². The molecule has 4 fully saturated rings. The highest BCUT2D eigenvalue weighted by Crippen LogP contribution is 2.55. The Bertz CT molecular complexity index is 786. The Morgan fingerprint density at radius 1 is 1.20 bits per heavy atom. The Kier molecular flexibility index (Phi) is 6.17. The van der Waals surface area contributed by atoms with E-state index in [2.05, 4.69) is 20.2 Å². The minimum Gasteiger partial charge on any atom is -0.383 e. The number of urea groups is 1. The van der Waals surface area contributed by atoms with Crippen LogP contribution in [-0.2, 0) is 16.1 Å². The van der Waals surface area contributed by atoms with Gasteiger partial charge in [0.15, 0.2) is 5.16 Å². The summed E-state index contributed by atoms with van der Waals surface area (Å²) in [6.45, 7) is 7.07. The van der Waals surface area contributed by atoms with Crippen LogP contribution in [0.2, 0.25) is 0 Å². The number of imide groups is 1. The number of nitrogens with zero attached hydrogens (tertiary/aromatic N) is 2. The molecule has 166 valence electrons. The van der Waals surface area contributed by atoms with E-state index < -0.39 is 5.25 Å². The zero-order valence-electron chi connectivity index (χ0n) is 18.5. The van der Waals surface area contributed by atoms with Gasteiger partial charge in [0.25, 0.3) is 0 Å². The van der Waals surface area contributed by atoms with Crippen molar-refractivity contribution in [1.29, 1.82) is 0 Å². The number of aromatic nitrogens is 2. The van der Waals surface area contributed by atoms with Gasteiger partial charge in [-0.05, 0) is 77.0 Å². The van der Waals surface area contributed by atoms with Crippen molar-refractivity contribution >= 4 is 23.7 Å². The van der Waals surface area contributed by atoms with Gasteiger partial charge in [0, 0.05) is 24.9 Å². The van der Waals surface area contributed by atoms with Gasteiger partial charge in [0.05, 0.1) is 17.6 Å². The molecule has 30 heavy (non-hydrogen) atoms. The predicted molar refractivity (Wildman–Crippen MR) is 116 cm³/mol. The van der Waals surface area contributed by atoms with E-state index in [0.29, 0.717) is 13.2 Å². The molecule has 1 heterocycles. The standard InChI is InChI=1S/C22H34N4O3S/c1-13-14(2)26(5-6-29-4)21(23-13)30-15(3)19(27)24-20(28)25-22-10-16-7-17(11-22)9-18(8-16)12-22/h15-18H,5-12H2,1-4H3,(H2,24,25,27,28). The SMILES string of the molecule is COCCn1c(SC(C)C(=O)NC(=O)NC23CC4CC(CC(C4)C2)C3)nc(C)c1C. The van der Waals surface area contributed by atoms with Crippen LogP contribution in [0.1, 0.15) is 56.8 Å². The summed E-state index contributed by atoms with van der Waals surface area (Å²) in [6.07, 6.45) is 7.18. The third-order valence-corrected chi connectivity index (χ3v) is 8.34. The molecule has 0 aliphatic heterocycles. The number of hydrogen-bond donors (Lipinski definition) is 2. The van der Waals surface area contributed by atoms with Crippen LogP contribution in [0.3, 0.4) is 0 Å². The second-order valence-corrected chi connectivity index (χ2v) is 10.9. The van der Waals surface area contributed by atoms with E-state index in [4.69, 9.17) is 4.74 Å². The maximum absolute atomic E-state index is 12.7. The number of hydrogen-bond acceptors (Lipinski definition) is 5. The number of rotatable bonds is 7. The number of carbonyl (C=O) groups is 2. The van der Waals surface area contributed by atoms with Crippen molar-refractivity contribution in [1.82, 2.24) is 20.2 Å². The average molecular weight is 435 g/mol. The Labute approximate surface area is 183 Å². The third kappa shape index (κ3) is 4.40. The maximum atomic E-state index is 12.7. The fourth-order valence-corrected chi connectivity index (χ4v) is 7.15. The predicted octanol–water partition coefficient (Wildman–Crippen LogP) is 3.42. The van der Waals surface area contributed by atoms with Crippen LogP contribution in [-0.4, -0.2) is 46.0 Å². The van der Waals surface area contributed by atoms with Crippen LogP contribution in [0, 0.1) is 31.6 Å². The highest BCUT2D eigenvalue weighted by Gasteiger charge is 2.51. The zero-order valence-corrected chi connectivity index (χ0v) is 19.3. The van der Waals surface area contributed by atoms with E-state index in [1.165, 1.54) is 31.0 Å². The first-order valence-electron chi connectivity index (χ1n) is 11.1. The molecule has 0 radical (unpaired) electrons. The number of methoxy groups -OCH3 is 1. The van der Waals surface area contributed by atoms with Crippen molar-refractivity contribution in [3.8, 4) is 0 Å². The molecule has 1 aromatic rings. The monoisotopic (exact) mass is 434 g/mol. The summed E-state index contributed by atoms with van der Waals surface area (Å²) in [4.78, 5) is 30.0. The summed E-state index contributed by atoms with van der Waals surface area (Å²) in [5, 5.41) is 6.16. The summed E-state index contributed by atoms with van der Waals surface area (Å²) in [6, 6.07) is -0.343. The van der Waals surface area contributed by atoms with E-state index in [-0.39, 0.29) is 17.5 Å². The van der Waals surface area contributed by atoms with Gasteiger partial charge >= 0.3 is 6.03 Å². The summed E-state index contributed by atoms with van der Waals surface area (Å²) >= 11 is 1.38. The van der Waals surface area contributed by atoms with E-state index in [1.54, 1.807) is 7.11 Å². The Balaban J connectivity index is 1.34. The number of nitrogens with one attached hydrogen (secondary N) is 2. The van der Waals surface area contributed by atoms with Crippen LogP contribution in [0.25, 0.3) is 0 Å². The molecule has 1 atom stereocenters.